The van der Waals surface area contributed by atoms with Crippen LogP contribution in [0, 0.1) is 0 Å². The molecule has 11 heteroatoms. The van der Waals surface area contributed by atoms with E-state index in [2.05, 4.69) is 20.7 Å². The van der Waals surface area contributed by atoms with E-state index in [1.807, 2.05) is 0 Å². The number of halogens is 3. The molecular formula is C17H15F3N6O2. The Morgan fingerprint density at radius 2 is 2.00 bits per heavy atom. The number of aromatic nitrogens is 5. The van der Waals surface area contributed by atoms with Gasteiger partial charge in [0.2, 0.25) is 5.91 Å². The molecule has 1 aliphatic heterocycles. The Morgan fingerprint density at radius 1 is 1.21 bits per heavy atom. The molecule has 0 radical (unpaired) electrons. The van der Waals surface area contributed by atoms with Gasteiger partial charge < -0.3 is 9.42 Å². The zero-order valence-electron chi connectivity index (χ0n) is 14.6. The summed E-state index contributed by atoms with van der Waals surface area (Å²) in [6.45, 7) is 1.15. The fourth-order valence-corrected chi connectivity index (χ4v) is 3.12. The van der Waals surface area contributed by atoms with Gasteiger partial charge in [-0.1, -0.05) is 17.3 Å². The van der Waals surface area contributed by atoms with E-state index < -0.39 is 11.7 Å². The van der Waals surface area contributed by atoms with E-state index in [1.54, 1.807) is 4.90 Å². The lowest BCUT2D eigenvalue weighted by Gasteiger charge is -2.26. The molecule has 0 aliphatic carbocycles. The van der Waals surface area contributed by atoms with Crippen molar-refractivity contribution in [3.63, 3.8) is 0 Å². The molecule has 28 heavy (non-hydrogen) atoms. The first-order valence-corrected chi connectivity index (χ1v) is 8.55. The van der Waals surface area contributed by atoms with Crippen molar-refractivity contribution < 1.29 is 22.5 Å². The number of amides is 1. The fraction of sp³-hybridized carbons (Fsp3) is 0.353. The van der Waals surface area contributed by atoms with Gasteiger partial charge in [-0.25, -0.2) is 4.68 Å². The molecule has 0 saturated heterocycles. The van der Waals surface area contributed by atoms with Crippen molar-refractivity contribution in [3.8, 4) is 11.3 Å². The van der Waals surface area contributed by atoms with Gasteiger partial charge in [0.05, 0.1) is 18.7 Å². The summed E-state index contributed by atoms with van der Waals surface area (Å²) in [7, 11) is 0. The van der Waals surface area contributed by atoms with Crippen molar-refractivity contribution in [2.24, 2.45) is 0 Å². The molecule has 0 unspecified atom stereocenters. The van der Waals surface area contributed by atoms with E-state index in [0.717, 1.165) is 17.7 Å². The fourth-order valence-electron chi connectivity index (χ4n) is 3.12. The third-order valence-corrected chi connectivity index (χ3v) is 4.61. The van der Waals surface area contributed by atoms with Gasteiger partial charge >= 0.3 is 6.18 Å². The highest BCUT2D eigenvalue weighted by atomic mass is 19.4. The van der Waals surface area contributed by atoms with E-state index in [-0.39, 0.29) is 12.3 Å². The molecule has 8 nitrogen and oxygen atoms in total. The number of nitrogens with zero attached hydrogens (tertiary/aromatic N) is 6. The van der Waals surface area contributed by atoms with Crippen molar-refractivity contribution in [2.75, 3.05) is 6.54 Å². The van der Waals surface area contributed by atoms with Gasteiger partial charge in [0, 0.05) is 30.5 Å². The molecular weight excluding hydrogens is 377 g/mol. The van der Waals surface area contributed by atoms with Crippen LogP contribution in [0.1, 0.15) is 23.3 Å². The number of carbonyl (C=O) groups is 1. The molecule has 0 atom stereocenters. The Bertz CT molecular complexity index is 966. The molecule has 3 aromatic rings. The normalized spacial score (nSPS) is 14.2. The van der Waals surface area contributed by atoms with Crippen LogP contribution in [0.15, 0.2) is 35.1 Å². The first kappa shape index (κ1) is 18.1. The van der Waals surface area contributed by atoms with Crippen molar-refractivity contribution in [2.45, 2.75) is 32.1 Å². The summed E-state index contributed by atoms with van der Waals surface area (Å²) in [5.74, 6) is 0.583. The van der Waals surface area contributed by atoms with Crippen LogP contribution in [0.5, 0.6) is 0 Å². The SMILES string of the molecule is O=C(CCn1cnnn1)N1CCc2onc(-c3ccc(C(F)(F)F)cc3)c2C1. The van der Waals surface area contributed by atoms with E-state index in [0.29, 0.717) is 43.1 Å². The van der Waals surface area contributed by atoms with Gasteiger partial charge in [-0.05, 0) is 22.6 Å². The minimum absolute atomic E-state index is 0.0688. The molecule has 0 N–H and O–H groups in total. The molecule has 3 heterocycles. The predicted octanol–water partition coefficient (Wildman–Crippen LogP) is 2.32. The Morgan fingerprint density at radius 3 is 2.68 bits per heavy atom. The Balaban J connectivity index is 1.49. The molecule has 146 valence electrons. The topological polar surface area (TPSA) is 89.9 Å². The highest BCUT2D eigenvalue weighted by molar-refractivity contribution is 5.77. The minimum Gasteiger partial charge on any atom is -0.360 e. The zero-order valence-corrected chi connectivity index (χ0v) is 14.6. The van der Waals surface area contributed by atoms with E-state index >= 15 is 0 Å². The van der Waals surface area contributed by atoms with Crippen LogP contribution in [0.2, 0.25) is 0 Å². The van der Waals surface area contributed by atoms with E-state index in [9.17, 15) is 18.0 Å². The number of alkyl halides is 3. The molecule has 1 aliphatic rings. The van der Waals surface area contributed by atoms with Crippen molar-refractivity contribution in [3.05, 3.63) is 47.5 Å². The average molecular weight is 392 g/mol. The molecule has 2 aromatic heterocycles. The highest BCUT2D eigenvalue weighted by Crippen LogP contribution is 2.33. The third kappa shape index (κ3) is 3.59. The Hall–Kier alpha value is -3.24. The van der Waals surface area contributed by atoms with Crippen LogP contribution in [-0.4, -0.2) is 42.7 Å². The maximum atomic E-state index is 12.8. The summed E-state index contributed by atoms with van der Waals surface area (Å²) >= 11 is 0. The number of benzene rings is 1. The predicted molar refractivity (Wildman–Crippen MR) is 88.5 cm³/mol. The second-order valence-electron chi connectivity index (χ2n) is 6.40. The molecule has 4 rings (SSSR count). The lowest BCUT2D eigenvalue weighted by atomic mass is 10.0. The molecule has 0 bridgehead atoms. The number of aryl methyl sites for hydroxylation is 1. The van der Waals surface area contributed by atoms with Gasteiger partial charge in [-0.15, -0.1) is 5.10 Å². The number of fused-ring (bicyclic) bond motifs is 1. The standard InChI is InChI=1S/C17H15F3N6O2/c18-17(19,20)12-3-1-11(2-4-12)16-13-9-25(7-5-14(13)28-22-16)15(27)6-8-26-10-21-23-24-26/h1-4,10H,5-9H2. The van der Waals surface area contributed by atoms with E-state index in [4.69, 9.17) is 4.52 Å². The van der Waals surface area contributed by atoms with Crippen LogP contribution < -0.4 is 0 Å². The quantitative estimate of drug-likeness (QED) is 0.677. The average Bonchev–Trinajstić information content (AvgIpc) is 3.34. The first-order valence-electron chi connectivity index (χ1n) is 8.55. The largest absolute Gasteiger partial charge is 0.416 e. The third-order valence-electron chi connectivity index (χ3n) is 4.61. The summed E-state index contributed by atoms with van der Waals surface area (Å²) in [4.78, 5) is 14.2. The maximum Gasteiger partial charge on any atom is 0.416 e. The van der Waals surface area contributed by atoms with Crippen LogP contribution in [0.3, 0.4) is 0 Å². The molecule has 0 fully saturated rings. The number of hydrogen-bond donors (Lipinski definition) is 0. The summed E-state index contributed by atoms with van der Waals surface area (Å²) in [6, 6.07) is 4.74. The summed E-state index contributed by atoms with van der Waals surface area (Å²) in [5.41, 5.74) is 0.970. The van der Waals surface area contributed by atoms with Crippen LogP contribution in [0.25, 0.3) is 11.3 Å². The van der Waals surface area contributed by atoms with Gasteiger partial charge in [0.1, 0.15) is 17.8 Å². The van der Waals surface area contributed by atoms with Crippen molar-refractivity contribution in [1.82, 2.24) is 30.3 Å². The number of tetrazole rings is 1. The first-order chi connectivity index (χ1) is 13.4. The zero-order chi connectivity index (χ0) is 19.7. The van der Waals surface area contributed by atoms with Crippen molar-refractivity contribution in [1.29, 1.82) is 0 Å². The summed E-state index contributed by atoms with van der Waals surface area (Å²) in [6.07, 6.45) is -2.23. The van der Waals surface area contributed by atoms with Gasteiger partial charge in [0.15, 0.2) is 0 Å². The minimum atomic E-state index is -4.40. The maximum absolute atomic E-state index is 12.8. The summed E-state index contributed by atoms with van der Waals surface area (Å²) in [5, 5.41) is 14.8. The van der Waals surface area contributed by atoms with Crippen molar-refractivity contribution >= 4 is 5.91 Å². The van der Waals surface area contributed by atoms with E-state index in [1.165, 1.54) is 23.1 Å². The molecule has 0 saturated carbocycles. The second kappa shape index (κ2) is 7.06. The number of hydrogen-bond acceptors (Lipinski definition) is 6. The molecule has 0 spiro atoms. The van der Waals surface area contributed by atoms with Gasteiger partial charge in [-0.3, -0.25) is 4.79 Å². The van der Waals surface area contributed by atoms with Crippen LogP contribution in [0.4, 0.5) is 13.2 Å². The number of rotatable bonds is 4. The lowest BCUT2D eigenvalue weighted by molar-refractivity contribution is -0.137. The second-order valence-corrected chi connectivity index (χ2v) is 6.40. The highest BCUT2D eigenvalue weighted by Gasteiger charge is 2.31. The molecule has 1 aromatic carbocycles. The lowest BCUT2D eigenvalue weighted by Crippen LogP contribution is -2.36. The Kier molecular flexibility index (Phi) is 4.57. The molecule has 1 amide bonds. The summed E-state index contributed by atoms with van der Waals surface area (Å²) < 4.78 is 45.1. The Labute approximate surface area is 156 Å². The van der Waals surface area contributed by atoms with Gasteiger partial charge in [0.25, 0.3) is 0 Å². The smallest absolute Gasteiger partial charge is 0.360 e. The van der Waals surface area contributed by atoms with Crippen LogP contribution >= 0.6 is 0 Å². The van der Waals surface area contributed by atoms with Crippen LogP contribution in [-0.2, 0) is 30.5 Å². The number of carbonyl (C=O) groups excluding carboxylic acids is 1. The van der Waals surface area contributed by atoms with Gasteiger partial charge in [-0.2, -0.15) is 13.2 Å². The monoisotopic (exact) mass is 392 g/mol.